The van der Waals surface area contributed by atoms with Crippen LogP contribution in [-0.2, 0) is 4.74 Å². The average molecular weight is 325 g/mol. The predicted molar refractivity (Wildman–Crippen MR) is 93.5 cm³/mol. The summed E-state index contributed by atoms with van der Waals surface area (Å²) in [5.74, 6) is 0.892. The molecule has 1 aliphatic rings. The van der Waals surface area contributed by atoms with Gasteiger partial charge in [0, 0.05) is 12.1 Å². The number of rotatable bonds is 3. The zero-order valence-electron chi connectivity index (χ0n) is 14.4. The third-order valence-electron chi connectivity index (χ3n) is 4.44. The van der Waals surface area contributed by atoms with E-state index in [1.165, 1.54) is 0 Å². The summed E-state index contributed by atoms with van der Waals surface area (Å²) in [6.45, 7) is 5.68. The van der Waals surface area contributed by atoms with Gasteiger partial charge in [0.2, 0.25) is 0 Å². The monoisotopic (exact) mass is 325 g/mol. The Morgan fingerprint density at radius 1 is 1.17 bits per heavy atom. The topological polar surface area (TPSA) is 38.8 Å². The number of morpholine rings is 1. The minimum Gasteiger partial charge on any atom is -0.496 e. The summed E-state index contributed by atoms with van der Waals surface area (Å²) in [5.41, 5.74) is 3.78. The van der Waals surface area contributed by atoms with E-state index in [4.69, 9.17) is 9.47 Å². The highest BCUT2D eigenvalue weighted by Gasteiger charge is 2.26. The maximum atomic E-state index is 12.9. The molecule has 0 radical (unpaired) electrons. The van der Waals surface area contributed by atoms with Gasteiger partial charge in [0.15, 0.2) is 0 Å². The first-order valence-corrected chi connectivity index (χ1v) is 8.21. The molecule has 1 fully saturated rings. The second-order valence-electron chi connectivity index (χ2n) is 6.16. The Hall–Kier alpha value is -2.33. The number of aryl methyl sites for hydroxylation is 2. The maximum Gasteiger partial charge on any atom is 0.254 e. The van der Waals surface area contributed by atoms with Crippen LogP contribution < -0.4 is 4.74 Å². The fourth-order valence-corrected chi connectivity index (χ4v) is 3.28. The molecular weight excluding hydrogens is 302 g/mol. The molecule has 0 N–H and O–H groups in total. The molecule has 1 saturated heterocycles. The van der Waals surface area contributed by atoms with Gasteiger partial charge in [-0.05, 0) is 42.7 Å². The predicted octanol–water partition coefficient (Wildman–Crippen LogP) is 3.53. The molecule has 24 heavy (non-hydrogen) atoms. The maximum absolute atomic E-state index is 12.9. The lowest BCUT2D eigenvalue weighted by Gasteiger charge is -2.33. The van der Waals surface area contributed by atoms with Crippen molar-refractivity contribution in [1.29, 1.82) is 0 Å². The van der Waals surface area contributed by atoms with Gasteiger partial charge in [-0.3, -0.25) is 4.79 Å². The molecule has 0 aliphatic carbocycles. The van der Waals surface area contributed by atoms with Gasteiger partial charge in [-0.15, -0.1) is 0 Å². The fraction of sp³-hybridized carbons (Fsp3) is 0.350. The molecule has 3 rings (SSSR count). The Kier molecular flexibility index (Phi) is 4.86. The van der Waals surface area contributed by atoms with Crippen LogP contribution in [0.4, 0.5) is 0 Å². The van der Waals surface area contributed by atoms with Crippen molar-refractivity contribution in [2.24, 2.45) is 0 Å². The molecule has 1 amide bonds. The molecule has 1 unspecified atom stereocenters. The number of amides is 1. The van der Waals surface area contributed by atoms with Crippen molar-refractivity contribution in [3.8, 4) is 5.75 Å². The van der Waals surface area contributed by atoms with Crippen LogP contribution >= 0.6 is 0 Å². The van der Waals surface area contributed by atoms with Gasteiger partial charge in [0.05, 0.1) is 20.3 Å². The molecule has 1 heterocycles. The molecule has 2 aromatic rings. The molecule has 1 atom stereocenters. The van der Waals surface area contributed by atoms with Crippen molar-refractivity contribution in [3.63, 3.8) is 0 Å². The lowest BCUT2D eigenvalue weighted by atomic mass is 10.0. The van der Waals surface area contributed by atoms with Crippen molar-refractivity contribution in [1.82, 2.24) is 4.90 Å². The molecule has 0 spiro atoms. The van der Waals surface area contributed by atoms with Gasteiger partial charge < -0.3 is 14.4 Å². The van der Waals surface area contributed by atoms with Gasteiger partial charge in [-0.1, -0.05) is 30.3 Å². The third kappa shape index (κ3) is 3.29. The van der Waals surface area contributed by atoms with Crippen LogP contribution in [0, 0.1) is 13.8 Å². The van der Waals surface area contributed by atoms with Gasteiger partial charge in [0.1, 0.15) is 11.9 Å². The van der Waals surface area contributed by atoms with Crippen molar-refractivity contribution >= 4 is 5.91 Å². The van der Waals surface area contributed by atoms with E-state index in [0.29, 0.717) is 25.3 Å². The van der Waals surface area contributed by atoms with Gasteiger partial charge in [-0.25, -0.2) is 0 Å². The van der Waals surface area contributed by atoms with Crippen molar-refractivity contribution < 1.29 is 14.3 Å². The molecule has 0 aromatic heterocycles. The standard InChI is InChI=1S/C20H23NO3/c1-14-11-17(12-15(2)19(14)23-3)20(22)21-9-10-24-18(13-21)16-7-5-4-6-8-16/h4-8,11-12,18H,9-10,13H2,1-3H3. The van der Waals surface area contributed by atoms with E-state index >= 15 is 0 Å². The van der Waals surface area contributed by atoms with E-state index in [0.717, 1.165) is 22.4 Å². The first kappa shape index (κ1) is 16.5. The molecule has 126 valence electrons. The Morgan fingerprint density at radius 3 is 2.46 bits per heavy atom. The van der Waals surface area contributed by atoms with E-state index in [9.17, 15) is 4.79 Å². The van der Waals surface area contributed by atoms with Crippen LogP contribution in [0.15, 0.2) is 42.5 Å². The average Bonchev–Trinajstić information content (AvgIpc) is 2.61. The number of hydrogen-bond acceptors (Lipinski definition) is 3. The number of carbonyl (C=O) groups excluding carboxylic acids is 1. The number of methoxy groups -OCH3 is 1. The molecule has 2 aromatic carbocycles. The fourth-order valence-electron chi connectivity index (χ4n) is 3.28. The quantitative estimate of drug-likeness (QED) is 0.866. The molecule has 0 saturated carbocycles. The number of nitrogens with zero attached hydrogens (tertiary/aromatic N) is 1. The van der Waals surface area contributed by atoms with E-state index < -0.39 is 0 Å². The Bertz CT molecular complexity index is 704. The molecule has 4 heteroatoms. The highest BCUT2D eigenvalue weighted by molar-refractivity contribution is 5.95. The molecule has 4 nitrogen and oxygen atoms in total. The van der Waals surface area contributed by atoms with Crippen LogP contribution in [0.5, 0.6) is 5.75 Å². The van der Waals surface area contributed by atoms with Crippen molar-refractivity contribution in [2.75, 3.05) is 26.8 Å². The second kappa shape index (κ2) is 7.05. The van der Waals surface area contributed by atoms with Crippen LogP contribution in [0.2, 0.25) is 0 Å². The summed E-state index contributed by atoms with van der Waals surface area (Å²) < 4.78 is 11.2. The summed E-state index contributed by atoms with van der Waals surface area (Å²) in [7, 11) is 1.66. The van der Waals surface area contributed by atoms with Crippen LogP contribution in [0.1, 0.15) is 33.2 Å². The second-order valence-corrected chi connectivity index (χ2v) is 6.16. The largest absolute Gasteiger partial charge is 0.496 e. The Morgan fingerprint density at radius 2 is 1.83 bits per heavy atom. The summed E-state index contributed by atoms with van der Waals surface area (Å²) in [4.78, 5) is 14.8. The number of ether oxygens (including phenoxy) is 2. The zero-order chi connectivity index (χ0) is 17.1. The van der Waals surface area contributed by atoms with Crippen molar-refractivity contribution in [2.45, 2.75) is 20.0 Å². The highest BCUT2D eigenvalue weighted by atomic mass is 16.5. The smallest absolute Gasteiger partial charge is 0.254 e. The molecule has 1 aliphatic heterocycles. The SMILES string of the molecule is COc1c(C)cc(C(=O)N2CCOC(c3ccccc3)C2)cc1C. The number of benzene rings is 2. The van der Waals surface area contributed by atoms with E-state index in [1.807, 2.05) is 61.2 Å². The highest BCUT2D eigenvalue weighted by Crippen LogP contribution is 2.27. The number of hydrogen-bond donors (Lipinski definition) is 0. The Labute approximate surface area is 143 Å². The first-order valence-electron chi connectivity index (χ1n) is 8.21. The van der Waals surface area contributed by atoms with E-state index in [-0.39, 0.29) is 12.0 Å². The van der Waals surface area contributed by atoms with Gasteiger partial charge in [0.25, 0.3) is 5.91 Å². The van der Waals surface area contributed by atoms with E-state index in [2.05, 4.69) is 0 Å². The number of carbonyl (C=O) groups is 1. The molecular formula is C20H23NO3. The lowest BCUT2D eigenvalue weighted by Crippen LogP contribution is -2.42. The molecule has 0 bridgehead atoms. The summed E-state index contributed by atoms with van der Waals surface area (Å²) in [6, 6.07) is 13.9. The van der Waals surface area contributed by atoms with Gasteiger partial charge >= 0.3 is 0 Å². The van der Waals surface area contributed by atoms with Crippen LogP contribution in [-0.4, -0.2) is 37.6 Å². The summed E-state index contributed by atoms with van der Waals surface area (Å²) >= 11 is 0. The lowest BCUT2D eigenvalue weighted by molar-refractivity contribution is -0.0228. The van der Waals surface area contributed by atoms with Crippen LogP contribution in [0.25, 0.3) is 0 Å². The Balaban J connectivity index is 1.80. The third-order valence-corrected chi connectivity index (χ3v) is 4.44. The minimum atomic E-state index is -0.0654. The summed E-state index contributed by atoms with van der Waals surface area (Å²) in [6.07, 6.45) is -0.0654. The van der Waals surface area contributed by atoms with Gasteiger partial charge in [-0.2, -0.15) is 0 Å². The zero-order valence-corrected chi connectivity index (χ0v) is 14.4. The minimum absolute atomic E-state index is 0.0492. The normalized spacial score (nSPS) is 17.6. The van der Waals surface area contributed by atoms with E-state index in [1.54, 1.807) is 7.11 Å². The summed E-state index contributed by atoms with van der Waals surface area (Å²) in [5, 5.41) is 0. The van der Waals surface area contributed by atoms with Crippen LogP contribution in [0.3, 0.4) is 0 Å². The van der Waals surface area contributed by atoms with Crippen molar-refractivity contribution in [3.05, 3.63) is 64.7 Å². The first-order chi connectivity index (χ1) is 11.6.